The van der Waals surface area contributed by atoms with Crippen LogP contribution in [0.3, 0.4) is 0 Å². The van der Waals surface area contributed by atoms with E-state index >= 15 is 0 Å². The van der Waals surface area contributed by atoms with E-state index in [9.17, 15) is 27.2 Å². The Morgan fingerprint density at radius 2 is 1.55 bits per heavy atom. The van der Waals surface area contributed by atoms with E-state index in [-0.39, 0.29) is 11.8 Å². The average Bonchev–Trinajstić information content (AvgIpc) is 3.24. The van der Waals surface area contributed by atoms with Crippen LogP contribution in [-0.2, 0) is 14.3 Å². The molecule has 0 amide bonds. The van der Waals surface area contributed by atoms with Crippen LogP contribution >= 0.6 is 15.9 Å². The van der Waals surface area contributed by atoms with Crippen LogP contribution in [0.1, 0.15) is 33.6 Å². The first-order chi connectivity index (χ1) is 13.4. The number of hydrogen-bond donors (Lipinski definition) is 1. The third-order valence-corrected chi connectivity index (χ3v) is 6.01. The van der Waals surface area contributed by atoms with Crippen LogP contribution in [0.4, 0.5) is 17.6 Å². The molecule has 4 unspecified atom stereocenters. The Kier molecular flexibility index (Phi) is 9.59. The van der Waals surface area contributed by atoms with E-state index in [0.29, 0.717) is 6.42 Å². The van der Waals surface area contributed by atoms with E-state index in [0.717, 1.165) is 0 Å². The second kappa shape index (κ2) is 10.7. The molecule has 0 aromatic carbocycles. The first-order valence-corrected chi connectivity index (χ1v) is 10.4. The summed E-state index contributed by atoms with van der Waals surface area (Å²) in [6.45, 7) is 9.22. The lowest BCUT2D eigenvalue weighted by Crippen LogP contribution is -2.38. The summed E-state index contributed by atoms with van der Waals surface area (Å²) in [4.78, 5) is 21.1. The number of rotatable bonds is 9. The highest BCUT2D eigenvalue weighted by atomic mass is 79.9. The van der Waals surface area contributed by atoms with Crippen molar-refractivity contribution in [2.24, 2.45) is 23.7 Å². The van der Waals surface area contributed by atoms with Crippen LogP contribution in [0.5, 0.6) is 0 Å². The van der Waals surface area contributed by atoms with E-state index in [1.54, 1.807) is 28.1 Å². The number of fused-ring (bicyclic) bond motifs is 2. The van der Waals surface area contributed by atoms with Gasteiger partial charge in [0.15, 0.2) is 0 Å². The van der Waals surface area contributed by atoms with Crippen molar-refractivity contribution < 1.29 is 37.0 Å². The first-order valence-electron chi connectivity index (χ1n) is 9.64. The maximum absolute atomic E-state index is 13.0. The Morgan fingerprint density at radius 1 is 1.07 bits per heavy atom. The van der Waals surface area contributed by atoms with Gasteiger partial charge in [-0.3, -0.25) is 9.59 Å². The molecule has 2 rings (SSSR count). The van der Waals surface area contributed by atoms with E-state index in [4.69, 9.17) is 5.11 Å². The van der Waals surface area contributed by atoms with Gasteiger partial charge in [-0.2, -0.15) is 17.6 Å². The molecule has 2 bridgehead atoms. The molecule has 5 nitrogen and oxygen atoms in total. The molecule has 29 heavy (non-hydrogen) atoms. The zero-order valence-electron chi connectivity index (χ0n) is 16.7. The molecule has 10 heteroatoms. The number of carbonyl (C=O) groups is 2. The molecule has 2 aliphatic rings. The predicted molar refractivity (Wildman–Crippen MR) is 103 cm³/mol. The Labute approximate surface area is 176 Å². The van der Waals surface area contributed by atoms with Crippen LogP contribution in [-0.4, -0.2) is 58.9 Å². The summed E-state index contributed by atoms with van der Waals surface area (Å²) in [6.07, 6.45) is 2.56. The molecule has 0 aromatic heterocycles. The Morgan fingerprint density at radius 3 is 1.93 bits per heavy atom. The standard InChI is InChI=1S/C13H13BrF4O4.C6H15N/c14-13(17,18)12(15,16)3-4-22-11(21)9-7-2-1-6(5-7)8(9)10(19)20;1-4-7(5-2)6-3/h1-2,6-9H,3-5H2,(H,19,20);4-6H2,1-3H3. The maximum Gasteiger partial charge on any atom is 0.363 e. The highest BCUT2D eigenvalue weighted by Crippen LogP contribution is 2.48. The van der Waals surface area contributed by atoms with Gasteiger partial charge in [0.2, 0.25) is 0 Å². The monoisotopic (exact) mass is 489 g/mol. The van der Waals surface area contributed by atoms with Gasteiger partial charge < -0.3 is 14.7 Å². The second-order valence-corrected chi connectivity index (χ2v) is 8.07. The van der Waals surface area contributed by atoms with Crippen LogP contribution in [0.2, 0.25) is 0 Å². The van der Waals surface area contributed by atoms with Gasteiger partial charge in [0.1, 0.15) is 0 Å². The molecule has 0 aromatic rings. The smallest absolute Gasteiger partial charge is 0.363 e. The SMILES string of the molecule is CCN(CC)CC.O=C(O)C1C2C=CC(C2)C1C(=O)OCCC(F)(F)C(F)(F)Br. The minimum Gasteiger partial charge on any atom is -0.481 e. The number of nitrogens with zero attached hydrogens (tertiary/aromatic N) is 1. The minimum atomic E-state index is -4.40. The van der Waals surface area contributed by atoms with Gasteiger partial charge in [0.25, 0.3) is 0 Å². The molecule has 0 heterocycles. The third kappa shape index (κ3) is 6.67. The summed E-state index contributed by atoms with van der Waals surface area (Å²) in [7, 11) is 0. The normalized spacial score (nSPS) is 25.7. The number of aliphatic carboxylic acids is 1. The third-order valence-electron chi connectivity index (χ3n) is 5.43. The van der Waals surface area contributed by atoms with Crippen LogP contribution in [0.15, 0.2) is 12.2 Å². The van der Waals surface area contributed by atoms with E-state index in [1.807, 2.05) is 0 Å². The summed E-state index contributed by atoms with van der Waals surface area (Å²) >= 11 is 1.58. The van der Waals surface area contributed by atoms with Crippen LogP contribution in [0.25, 0.3) is 0 Å². The molecular weight excluding hydrogens is 462 g/mol. The van der Waals surface area contributed by atoms with E-state index < -0.39 is 47.6 Å². The van der Waals surface area contributed by atoms with Crippen molar-refractivity contribution in [2.75, 3.05) is 26.2 Å². The Bertz CT molecular complexity index is 588. The Hall–Kier alpha value is -1.16. The molecule has 0 radical (unpaired) electrons. The lowest BCUT2D eigenvalue weighted by molar-refractivity contribution is -0.171. The molecule has 0 saturated heterocycles. The fraction of sp³-hybridized carbons (Fsp3) is 0.789. The number of esters is 1. The van der Waals surface area contributed by atoms with Crippen molar-refractivity contribution in [3.05, 3.63) is 12.2 Å². The molecule has 4 atom stereocenters. The summed E-state index contributed by atoms with van der Waals surface area (Å²) < 4.78 is 55.8. The molecule has 1 fully saturated rings. The molecular formula is C19H28BrF4NO4. The maximum atomic E-state index is 13.0. The Balaban J connectivity index is 0.000000516. The summed E-state index contributed by atoms with van der Waals surface area (Å²) in [6, 6.07) is 0. The zero-order valence-corrected chi connectivity index (χ0v) is 18.3. The number of ether oxygens (including phenoxy) is 1. The van der Waals surface area contributed by atoms with Crippen molar-refractivity contribution in [1.82, 2.24) is 4.90 Å². The van der Waals surface area contributed by atoms with Gasteiger partial charge in [0, 0.05) is 0 Å². The van der Waals surface area contributed by atoms with E-state index in [2.05, 4.69) is 30.4 Å². The topological polar surface area (TPSA) is 66.8 Å². The molecule has 1 saturated carbocycles. The number of hydrogen-bond acceptors (Lipinski definition) is 4. The lowest BCUT2D eigenvalue weighted by atomic mass is 9.83. The highest BCUT2D eigenvalue weighted by molar-refractivity contribution is 9.10. The number of allylic oxidation sites excluding steroid dienone is 2. The predicted octanol–water partition coefficient (Wildman–Crippen LogP) is 4.41. The van der Waals surface area contributed by atoms with Crippen molar-refractivity contribution in [1.29, 1.82) is 0 Å². The summed E-state index contributed by atoms with van der Waals surface area (Å²) in [5.74, 6) is -8.96. The fourth-order valence-electron chi connectivity index (χ4n) is 3.67. The van der Waals surface area contributed by atoms with Gasteiger partial charge in [-0.05, 0) is 53.8 Å². The summed E-state index contributed by atoms with van der Waals surface area (Å²) in [5.41, 5.74) is 0. The number of halogens is 5. The highest BCUT2D eigenvalue weighted by Gasteiger charge is 2.55. The largest absolute Gasteiger partial charge is 0.481 e. The quantitative estimate of drug-likeness (QED) is 0.225. The van der Waals surface area contributed by atoms with Gasteiger partial charge in [-0.25, -0.2) is 0 Å². The van der Waals surface area contributed by atoms with Crippen LogP contribution in [0, 0.1) is 23.7 Å². The zero-order chi connectivity index (χ0) is 22.4. The van der Waals surface area contributed by atoms with Crippen molar-refractivity contribution in [3.8, 4) is 0 Å². The summed E-state index contributed by atoms with van der Waals surface area (Å²) in [5, 5.41) is 9.15. The lowest BCUT2D eigenvalue weighted by Gasteiger charge is -2.24. The van der Waals surface area contributed by atoms with Gasteiger partial charge >= 0.3 is 22.7 Å². The fourth-order valence-corrected chi connectivity index (χ4v) is 3.87. The number of carbonyl (C=O) groups excluding carboxylic acids is 1. The number of alkyl halides is 5. The van der Waals surface area contributed by atoms with Gasteiger partial charge in [-0.1, -0.05) is 32.9 Å². The minimum absolute atomic E-state index is 0.284. The van der Waals surface area contributed by atoms with Gasteiger partial charge in [-0.15, -0.1) is 0 Å². The van der Waals surface area contributed by atoms with E-state index in [1.165, 1.54) is 19.6 Å². The molecule has 0 aliphatic heterocycles. The van der Waals surface area contributed by atoms with Crippen LogP contribution < -0.4 is 0 Å². The average molecular weight is 490 g/mol. The molecule has 2 aliphatic carbocycles. The van der Waals surface area contributed by atoms with Gasteiger partial charge in [0.05, 0.1) is 24.9 Å². The molecule has 1 N–H and O–H groups in total. The molecule has 0 spiro atoms. The first kappa shape index (κ1) is 25.9. The molecule has 168 valence electrons. The van der Waals surface area contributed by atoms with Crippen molar-refractivity contribution >= 4 is 27.9 Å². The number of carboxylic acids is 1. The second-order valence-electron chi connectivity index (χ2n) is 7.08. The van der Waals surface area contributed by atoms with Crippen molar-refractivity contribution in [2.45, 2.75) is 44.4 Å². The van der Waals surface area contributed by atoms with Crippen molar-refractivity contribution in [3.63, 3.8) is 0 Å². The number of carboxylic acid groups (broad SMARTS) is 1.